The lowest BCUT2D eigenvalue weighted by atomic mass is 10.2. The molecule has 0 amide bonds. The van der Waals surface area contributed by atoms with Crippen LogP contribution in [0.4, 0.5) is 23.2 Å². The van der Waals surface area contributed by atoms with Crippen LogP contribution >= 0.6 is 0 Å². The van der Waals surface area contributed by atoms with Gasteiger partial charge in [0, 0.05) is 13.8 Å². The Morgan fingerprint density at radius 2 is 1.71 bits per heavy atom. The molecule has 0 bridgehead atoms. The number of benzene rings is 1. The van der Waals surface area contributed by atoms with Crippen LogP contribution in [0.5, 0.6) is 0 Å². The number of carbonyl (C=O) groups excluding carboxylic acids is 2. The average molecular weight is 305 g/mol. The minimum absolute atomic E-state index is 0.225. The Labute approximate surface area is 117 Å². The van der Waals surface area contributed by atoms with Crippen LogP contribution in [0.3, 0.4) is 0 Å². The number of hydrazone groups is 1. The smallest absolute Gasteiger partial charge is 0.293 e. The monoisotopic (exact) mass is 305 g/mol. The summed E-state index contributed by atoms with van der Waals surface area (Å²) in [6, 6.07) is 1.53. The molecule has 0 aliphatic heterocycles. The molecule has 114 valence electrons. The molecule has 1 rings (SSSR count). The molecule has 0 aromatic heterocycles. The predicted molar refractivity (Wildman–Crippen MR) is 66.9 cm³/mol. The largest absolute Gasteiger partial charge is 0.416 e. The third kappa shape index (κ3) is 4.09. The lowest BCUT2D eigenvalue weighted by molar-refractivity contribution is -0.137. The third-order valence-electron chi connectivity index (χ3n) is 2.39. The van der Waals surface area contributed by atoms with E-state index in [1.807, 2.05) is 0 Å². The number of nitrogens with two attached hydrogens (primary N) is 1. The van der Waals surface area contributed by atoms with Crippen molar-refractivity contribution in [2.24, 2.45) is 10.9 Å². The molecule has 0 fully saturated rings. The van der Waals surface area contributed by atoms with Gasteiger partial charge in [-0.1, -0.05) is 0 Å². The second kappa shape index (κ2) is 6.00. The van der Waals surface area contributed by atoms with E-state index in [0.29, 0.717) is 18.2 Å². The Hall–Kier alpha value is -2.29. The van der Waals surface area contributed by atoms with Crippen LogP contribution in [0.15, 0.2) is 23.3 Å². The van der Waals surface area contributed by atoms with E-state index in [-0.39, 0.29) is 5.12 Å². The van der Waals surface area contributed by atoms with E-state index in [1.54, 1.807) is 0 Å². The Morgan fingerprint density at radius 1 is 1.19 bits per heavy atom. The fourth-order valence-electron chi connectivity index (χ4n) is 1.41. The van der Waals surface area contributed by atoms with Crippen molar-refractivity contribution in [3.63, 3.8) is 0 Å². The quantitative estimate of drug-likeness (QED) is 0.304. The molecule has 0 heterocycles. The molecule has 21 heavy (non-hydrogen) atoms. The van der Waals surface area contributed by atoms with Gasteiger partial charge in [-0.25, -0.2) is 10.2 Å². The minimum atomic E-state index is -4.70. The predicted octanol–water partition coefficient (Wildman–Crippen LogP) is 2.06. The highest BCUT2D eigenvalue weighted by atomic mass is 19.4. The Bertz CT molecular complexity index is 595. The van der Waals surface area contributed by atoms with Crippen molar-refractivity contribution in [1.29, 1.82) is 0 Å². The van der Waals surface area contributed by atoms with Crippen molar-refractivity contribution in [2.45, 2.75) is 20.0 Å². The highest BCUT2D eigenvalue weighted by Crippen LogP contribution is 2.32. The van der Waals surface area contributed by atoms with Gasteiger partial charge in [-0.2, -0.15) is 18.3 Å². The first-order chi connectivity index (χ1) is 9.54. The number of carbonyl (C=O) groups is 2. The number of hydrazine groups is 1. The molecule has 0 aliphatic carbocycles. The SMILES string of the molecule is CC(=O)C(=NN(N)c1cc(C(F)(F)F)ccc1F)C(C)=O. The summed E-state index contributed by atoms with van der Waals surface area (Å²) in [6.07, 6.45) is -4.70. The third-order valence-corrected chi connectivity index (χ3v) is 2.39. The zero-order chi connectivity index (χ0) is 16.4. The van der Waals surface area contributed by atoms with Crippen molar-refractivity contribution in [3.05, 3.63) is 29.6 Å². The highest BCUT2D eigenvalue weighted by Gasteiger charge is 2.31. The molecule has 0 saturated carbocycles. The lowest BCUT2D eigenvalue weighted by Gasteiger charge is -2.16. The Balaban J connectivity index is 3.30. The van der Waals surface area contributed by atoms with Gasteiger partial charge in [-0.15, -0.1) is 5.10 Å². The molecule has 0 saturated heterocycles. The highest BCUT2D eigenvalue weighted by molar-refractivity contribution is 6.65. The Kier molecular flexibility index (Phi) is 4.79. The topological polar surface area (TPSA) is 75.8 Å². The van der Waals surface area contributed by atoms with Crippen molar-refractivity contribution in [2.75, 3.05) is 5.12 Å². The number of ketones is 2. The van der Waals surface area contributed by atoms with E-state index < -0.39 is 40.5 Å². The zero-order valence-electron chi connectivity index (χ0n) is 11.0. The molecule has 0 atom stereocenters. The van der Waals surface area contributed by atoms with E-state index in [9.17, 15) is 27.2 Å². The maximum atomic E-state index is 13.5. The summed E-state index contributed by atoms with van der Waals surface area (Å²) in [4.78, 5) is 22.3. The van der Waals surface area contributed by atoms with Crippen molar-refractivity contribution < 1.29 is 27.2 Å². The number of hydrogen-bond acceptors (Lipinski definition) is 5. The fraction of sp³-hybridized carbons (Fsp3) is 0.250. The molecule has 1 aromatic carbocycles. The minimum Gasteiger partial charge on any atom is -0.293 e. The van der Waals surface area contributed by atoms with E-state index >= 15 is 0 Å². The summed E-state index contributed by atoms with van der Waals surface area (Å²) in [5.41, 5.74) is -2.46. The number of hydrogen-bond donors (Lipinski definition) is 1. The first-order valence-corrected chi connectivity index (χ1v) is 5.56. The number of halogens is 4. The second-order valence-corrected chi connectivity index (χ2v) is 4.07. The normalized spacial score (nSPS) is 11.0. The number of Topliss-reactive ketones (excluding diaryl/α,β-unsaturated/α-hetero) is 2. The molecule has 9 heteroatoms. The van der Waals surface area contributed by atoms with Gasteiger partial charge in [-0.3, -0.25) is 9.59 Å². The second-order valence-electron chi connectivity index (χ2n) is 4.07. The molecule has 5 nitrogen and oxygen atoms in total. The van der Waals surface area contributed by atoms with Crippen molar-refractivity contribution in [3.8, 4) is 0 Å². The van der Waals surface area contributed by atoms with Crippen LogP contribution in [0.2, 0.25) is 0 Å². The van der Waals surface area contributed by atoms with Crippen LogP contribution in [-0.2, 0) is 15.8 Å². The van der Waals surface area contributed by atoms with Gasteiger partial charge in [-0.05, 0) is 18.2 Å². The van der Waals surface area contributed by atoms with Crippen LogP contribution < -0.4 is 11.0 Å². The molecule has 0 aliphatic rings. The summed E-state index contributed by atoms with van der Waals surface area (Å²) in [6.45, 7) is 2.05. The van der Waals surface area contributed by atoms with E-state index in [1.165, 1.54) is 0 Å². The van der Waals surface area contributed by atoms with Gasteiger partial charge in [0.05, 0.1) is 5.56 Å². The van der Waals surface area contributed by atoms with Gasteiger partial charge in [0.25, 0.3) is 0 Å². The first kappa shape index (κ1) is 16.8. The number of anilines is 1. The molecule has 0 spiro atoms. The maximum absolute atomic E-state index is 13.5. The first-order valence-electron chi connectivity index (χ1n) is 5.56. The van der Waals surface area contributed by atoms with Crippen molar-refractivity contribution in [1.82, 2.24) is 0 Å². The van der Waals surface area contributed by atoms with Gasteiger partial charge in [0.15, 0.2) is 17.3 Å². The summed E-state index contributed by atoms with van der Waals surface area (Å²) < 4.78 is 51.2. The molecule has 2 N–H and O–H groups in total. The van der Waals surface area contributed by atoms with E-state index in [4.69, 9.17) is 5.84 Å². The average Bonchev–Trinajstić information content (AvgIpc) is 2.33. The molecular weight excluding hydrogens is 294 g/mol. The van der Waals surface area contributed by atoms with Crippen LogP contribution in [0.1, 0.15) is 19.4 Å². The number of rotatable bonds is 4. The van der Waals surface area contributed by atoms with Crippen LogP contribution in [0, 0.1) is 5.82 Å². The van der Waals surface area contributed by atoms with Gasteiger partial charge in [0.2, 0.25) is 0 Å². The van der Waals surface area contributed by atoms with Gasteiger partial charge in [0.1, 0.15) is 11.5 Å². The molecular formula is C12H11F4N3O2. The Morgan fingerprint density at radius 3 is 2.14 bits per heavy atom. The number of nitrogens with zero attached hydrogens (tertiary/aromatic N) is 2. The summed E-state index contributed by atoms with van der Waals surface area (Å²) >= 11 is 0. The van der Waals surface area contributed by atoms with Gasteiger partial charge >= 0.3 is 6.18 Å². The molecule has 1 aromatic rings. The van der Waals surface area contributed by atoms with E-state index in [0.717, 1.165) is 13.8 Å². The van der Waals surface area contributed by atoms with Crippen LogP contribution in [-0.4, -0.2) is 17.3 Å². The summed E-state index contributed by atoms with van der Waals surface area (Å²) in [5, 5.41) is 3.58. The summed E-state index contributed by atoms with van der Waals surface area (Å²) in [5.74, 6) is 2.75. The number of alkyl halides is 3. The lowest BCUT2D eigenvalue weighted by Crippen LogP contribution is -2.31. The summed E-state index contributed by atoms with van der Waals surface area (Å²) in [7, 11) is 0. The standard InChI is InChI=1S/C12H11F4N3O2/c1-6(20)11(7(2)21)18-19(17)10-5-8(12(14,15)16)3-4-9(10)13/h3-5H,17H2,1-2H3. The molecule has 0 radical (unpaired) electrons. The van der Waals surface area contributed by atoms with E-state index in [2.05, 4.69) is 5.10 Å². The maximum Gasteiger partial charge on any atom is 0.416 e. The van der Waals surface area contributed by atoms with Gasteiger partial charge < -0.3 is 0 Å². The van der Waals surface area contributed by atoms with Crippen LogP contribution in [0.25, 0.3) is 0 Å². The van der Waals surface area contributed by atoms with Crippen molar-refractivity contribution >= 4 is 23.0 Å². The zero-order valence-corrected chi connectivity index (χ0v) is 11.0. The fourth-order valence-corrected chi connectivity index (χ4v) is 1.41. The molecule has 0 unspecified atom stereocenters.